The second-order valence-electron chi connectivity index (χ2n) is 8.81. The minimum absolute atomic E-state index is 0.622. The maximum atomic E-state index is 7.35. The fourth-order valence-corrected chi connectivity index (χ4v) is 5.31. The molecule has 0 spiro atoms. The number of aromatic nitrogens is 2. The van der Waals surface area contributed by atoms with E-state index in [1.807, 2.05) is 36.5 Å². The molecule has 0 aliphatic rings. The first-order valence-electron chi connectivity index (χ1n) is 11.8. The second kappa shape index (κ2) is 7.97. The Morgan fingerprint density at radius 3 is 2.28 bits per heavy atom. The number of anilines is 3. The summed E-state index contributed by atoms with van der Waals surface area (Å²) in [7, 11) is 0. The number of para-hydroxylation sites is 1. The van der Waals surface area contributed by atoms with E-state index in [0.29, 0.717) is 5.69 Å². The van der Waals surface area contributed by atoms with Crippen molar-refractivity contribution in [3.05, 3.63) is 133 Å². The smallest absolute Gasteiger partial charge is 0.187 e. The lowest BCUT2D eigenvalue weighted by Crippen LogP contribution is -2.10. The van der Waals surface area contributed by atoms with E-state index in [0.717, 1.165) is 22.7 Å². The van der Waals surface area contributed by atoms with Crippen LogP contribution in [0.25, 0.3) is 43.1 Å². The summed E-state index contributed by atoms with van der Waals surface area (Å²) in [5, 5.41) is 4.91. The molecule has 7 rings (SSSR count). The molecule has 0 unspecified atom stereocenters. The first-order chi connectivity index (χ1) is 17.8. The molecule has 2 heterocycles. The highest BCUT2D eigenvalue weighted by Gasteiger charge is 2.21. The molecule has 168 valence electrons. The van der Waals surface area contributed by atoms with Crippen LogP contribution in [0.2, 0.25) is 0 Å². The average Bonchev–Trinajstić information content (AvgIpc) is 3.29. The minimum Gasteiger partial charge on any atom is -0.309 e. The molecule has 0 atom stereocenters. The van der Waals surface area contributed by atoms with Crippen molar-refractivity contribution in [2.75, 3.05) is 4.90 Å². The SMILES string of the molecule is [C-]#[N+]c1ccc(N(c2cccnc2)c2ccc3c4c2ccc2cccc(c24)n3-c2ccccc2)cc1. The van der Waals surface area contributed by atoms with Gasteiger partial charge in [-0.15, -0.1) is 0 Å². The number of hydrogen-bond acceptors (Lipinski definition) is 2. The Kier molecular flexibility index (Phi) is 4.48. The monoisotopic (exact) mass is 460 g/mol. The molecule has 4 heteroatoms. The highest BCUT2D eigenvalue weighted by Crippen LogP contribution is 2.45. The Balaban J connectivity index is 1.57. The number of benzene rings is 5. The van der Waals surface area contributed by atoms with E-state index >= 15 is 0 Å². The molecule has 0 aliphatic heterocycles. The number of pyridine rings is 1. The van der Waals surface area contributed by atoms with Gasteiger partial charge in [0.2, 0.25) is 0 Å². The third-order valence-electron chi connectivity index (χ3n) is 6.83. The lowest BCUT2D eigenvalue weighted by molar-refractivity contribution is 1.18. The molecule has 0 N–H and O–H groups in total. The van der Waals surface area contributed by atoms with E-state index < -0.39 is 0 Å². The zero-order valence-electron chi connectivity index (χ0n) is 19.3. The molecule has 0 saturated heterocycles. The van der Waals surface area contributed by atoms with Crippen LogP contribution < -0.4 is 4.90 Å². The third kappa shape index (κ3) is 2.97. The lowest BCUT2D eigenvalue weighted by Gasteiger charge is -2.26. The summed E-state index contributed by atoms with van der Waals surface area (Å²) in [6, 6.07) is 37.7. The van der Waals surface area contributed by atoms with Gasteiger partial charge in [-0.2, -0.15) is 0 Å². The van der Waals surface area contributed by atoms with Gasteiger partial charge in [-0.25, -0.2) is 4.85 Å². The molecular weight excluding hydrogens is 440 g/mol. The topological polar surface area (TPSA) is 25.4 Å². The molecule has 0 fully saturated rings. The first-order valence-corrected chi connectivity index (χ1v) is 11.8. The van der Waals surface area contributed by atoms with Crippen molar-refractivity contribution in [1.29, 1.82) is 0 Å². The van der Waals surface area contributed by atoms with Gasteiger partial charge in [-0.05, 0) is 60.0 Å². The average molecular weight is 461 g/mol. The quantitative estimate of drug-likeness (QED) is 0.194. The van der Waals surface area contributed by atoms with E-state index in [-0.39, 0.29) is 0 Å². The van der Waals surface area contributed by atoms with Gasteiger partial charge in [-0.3, -0.25) is 4.98 Å². The Labute approximate surface area is 208 Å². The predicted octanol–water partition coefficient (Wildman–Crippen LogP) is 8.79. The minimum atomic E-state index is 0.622. The van der Waals surface area contributed by atoms with Crippen LogP contribution in [0.1, 0.15) is 0 Å². The van der Waals surface area contributed by atoms with Crippen LogP contribution >= 0.6 is 0 Å². The van der Waals surface area contributed by atoms with Crippen molar-refractivity contribution < 1.29 is 0 Å². The van der Waals surface area contributed by atoms with E-state index in [1.165, 1.54) is 32.6 Å². The van der Waals surface area contributed by atoms with E-state index in [1.54, 1.807) is 6.20 Å². The first kappa shape index (κ1) is 20.3. The van der Waals surface area contributed by atoms with Gasteiger partial charge in [0.15, 0.2) is 5.69 Å². The molecule has 5 aromatic carbocycles. The summed E-state index contributed by atoms with van der Waals surface area (Å²) in [6.07, 6.45) is 3.67. The molecule has 0 radical (unpaired) electrons. The number of hydrogen-bond donors (Lipinski definition) is 0. The Bertz CT molecular complexity index is 1880. The van der Waals surface area contributed by atoms with Crippen LogP contribution in [0, 0.1) is 6.57 Å². The van der Waals surface area contributed by atoms with Gasteiger partial charge in [-0.1, -0.05) is 54.6 Å². The zero-order valence-corrected chi connectivity index (χ0v) is 19.3. The van der Waals surface area contributed by atoms with Crippen molar-refractivity contribution in [3.63, 3.8) is 0 Å². The van der Waals surface area contributed by atoms with Crippen molar-refractivity contribution >= 4 is 55.3 Å². The number of rotatable bonds is 4. The summed E-state index contributed by atoms with van der Waals surface area (Å²) < 4.78 is 2.35. The Hall–Kier alpha value is -5.14. The lowest BCUT2D eigenvalue weighted by atomic mass is 10.00. The zero-order chi connectivity index (χ0) is 24.1. The van der Waals surface area contributed by atoms with Gasteiger partial charge >= 0.3 is 0 Å². The third-order valence-corrected chi connectivity index (χ3v) is 6.83. The van der Waals surface area contributed by atoms with Crippen LogP contribution in [-0.2, 0) is 0 Å². The maximum Gasteiger partial charge on any atom is 0.187 e. The molecule has 7 aromatic rings. The summed E-state index contributed by atoms with van der Waals surface area (Å²) in [5.74, 6) is 0. The molecule has 4 nitrogen and oxygen atoms in total. The predicted molar refractivity (Wildman–Crippen MR) is 148 cm³/mol. The molecule has 2 aromatic heterocycles. The standard InChI is InChI=1S/C32H20N4/c1-33-23-13-15-25(16-14-23)35(26-10-6-20-34-21-26)28-18-19-30-32-27(28)17-12-22-7-5-11-29(31(22)32)36(30)24-8-3-2-4-9-24/h2-21H. The van der Waals surface area contributed by atoms with Crippen LogP contribution in [0.3, 0.4) is 0 Å². The fraction of sp³-hybridized carbons (Fsp3) is 0. The van der Waals surface area contributed by atoms with Crippen molar-refractivity contribution in [2.24, 2.45) is 0 Å². The Morgan fingerprint density at radius 2 is 1.50 bits per heavy atom. The fourth-order valence-electron chi connectivity index (χ4n) is 5.31. The van der Waals surface area contributed by atoms with Gasteiger partial charge < -0.3 is 9.47 Å². The van der Waals surface area contributed by atoms with Crippen LogP contribution in [-0.4, -0.2) is 9.55 Å². The Morgan fingerprint density at radius 1 is 0.667 bits per heavy atom. The number of nitrogens with zero attached hydrogens (tertiary/aromatic N) is 4. The molecule has 0 amide bonds. The molecule has 0 saturated carbocycles. The van der Waals surface area contributed by atoms with Crippen LogP contribution in [0.4, 0.5) is 22.7 Å². The van der Waals surface area contributed by atoms with Crippen LogP contribution in [0.15, 0.2) is 122 Å². The van der Waals surface area contributed by atoms with Crippen molar-refractivity contribution in [1.82, 2.24) is 9.55 Å². The molecule has 0 aliphatic carbocycles. The van der Waals surface area contributed by atoms with E-state index in [4.69, 9.17) is 6.57 Å². The summed E-state index contributed by atoms with van der Waals surface area (Å²) >= 11 is 0. The largest absolute Gasteiger partial charge is 0.309 e. The van der Waals surface area contributed by atoms with Gasteiger partial charge in [0.25, 0.3) is 0 Å². The van der Waals surface area contributed by atoms with Gasteiger partial charge in [0.1, 0.15) is 0 Å². The van der Waals surface area contributed by atoms with E-state index in [2.05, 4.69) is 98.2 Å². The summed E-state index contributed by atoms with van der Waals surface area (Å²) in [5.41, 5.74) is 7.17. The summed E-state index contributed by atoms with van der Waals surface area (Å²) in [4.78, 5) is 10.2. The maximum absolute atomic E-state index is 7.35. The highest BCUT2D eigenvalue weighted by atomic mass is 15.1. The van der Waals surface area contributed by atoms with Crippen molar-refractivity contribution in [3.8, 4) is 5.69 Å². The van der Waals surface area contributed by atoms with Crippen LogP contribution in [0.5, 0.6) is 0 Å². The van der Waals surface area contributed by atoms with Gasteiger partial charge in [0.05, 0.1) is 35.2 Å². The molecule has 0 bridgehead atoms. The molecule has 36 heavy (non-hydrogen) atoms. The normalized spacial score (nSPS) is 11.3. The molecular formula is C32H20N4. The second-order valence-corrected chi connectivity index (χ2v) is 8.81. The van der Waals surface area contributed by atoms with E-state index in [9.17, 15) is 0 Å². The van der Waals surface area contributed by atoms with Gasteiger partial charge in [0, 0.05) is 33.7 Å². The van der Waals surface area contributed by atoms with Crippen molar-refractivity contribution in [2.45, 2.75) is 0 Å². The summed E-state index contributed by atoms with van der Waals surface area (Å²) in [6.45, 7) is 7.35. The highest BCUT2D eigenvalue weighted by molar-refractivity contribution is 6.26.